The van der Waals surface area contributed by atoms with Crippen LogP contribution in [0.25, 0.3) is 0 Å². The third-order valence-corrected chi connectivity index (χ3v) is 4.38. The minimum atomic E-state index is -0.419. The van der Waals surface area contributed by atoms with Crippen LogP contribution in [0.4, 0.5) is 0 Å². The molecule has 1 aliphatic heterocycles. The summed E-state index contributed by atoms with van der Waals surface area (Å²) in [6, 6.07) is 9.99. The van der Waals surface area contributed by atoms with Gasteiger partial charge in [-0.1, -0.05) is 30.3 Å². The summed E-state index contributed by atoms with van der Waals surface area (Å²) in [6.45, 7) is 2.78. The van der Waals surface area contributed by atoms with E-state index in [4.69, 9.17) is 5.73 Å². The van der Waals surface area contributed by atoms with Gasteiger partial charge in [-0.05, 0) is 31.7 Å². The zero-order valence-electron chi connectivity index (χ0n) is 12.6. The number of nitrogens with zero attached hydrogens (tertiary/aromatic N) is 1. The molecular formula is C17H24N2O2. The number of rotatable bonds is 6. The van der Waals surface area contributed by atoms with Gasteiger partial charge in [-0.3, -0.25) is 4.79 Å². The summed E-state index contributed by atoms with van der Waals surface area (Å²) in [4.78, 5) is 24.6. The molecule has 114 valence electrons. The fourth-order valence-electron chi connectivity index (χ4n) is 3.14. The van der Waals surface area contributed by atoms with Gasteiger partial charge in [-0.15, -0.1) is 0 Å². The van der Waals surface area contributed by atoms with Crippen molar-refractivity contribution in [1.29, 1.82) is 0 Å². The molecular weight excluding hydrogens is 264 g/mol. The van der Waals surface area contributed by atoms with E-state index in [-0.39, 0.29) is 17.9 Å². The molecule has 2 N–H and O–H groups in total. The Morgan fingerprint density at radius 3 is 2.67 bits per heavy atom. The fraction of sp³-hybridized carbons (Fsp3) is 0.529. The van der Waals surface area contributed by atoms with Crippen LogP contribution in [0, 0.1) is 0 Å². The molecule has 0 radical (unpaired) electrons. The molecule has 4 heteroatoms. The van der Waals surface area contributed by atoms with Gasteiger partial charge >= 0.3 is 0 Å². The summed E-state index contributed by atoms with van der Waals surface area (Å²) < 4.78 is 0. The zero-order valence-corrected chi connectivity index (χ0v) is 12.6. The molecule has 0 bridgehead atoms. The third-order valence-electron chi connectivity index (χ3n) is 4.38. The number of aldehydes is 1. The Morgan fingerprint density at radius 1 is 1.29 bits per heavy atom. The molecule has 3 atom stereocenters. The van der Waals surface area contributed by atoms with Gasteiger partial charge in [0.05, 0.1) is 6.04 Å². The average Bonchev–Trinajstić information content (AvgIpc) is 2.51. The van der Waals surface area contributed by atoms with E-state index in [2.05, 4.69) is 19.1 Å². The van der Waals surface area contributed by atoms with Gasteiger partial charge in [0.1, 0.15) is 6.29 Å². The predicted molar refractivity (Wildman–Crippen MR) is 82.9 cm³/mol. The Kier molecular flexibility index (Phi) is 5.51. The number of carbonyl (C=O) groups is 2. The van der Waals surface area contributed by atoms with Crippen LogP contribution in [0.3, 0.4) is 0 Å². The minimum Gasteiger partial charge on any atom is -0.338 e. The number of hydrogen-bond acceptors (Lipinski definition) is 3. The standard InChI is InChI=1S/C17H24N2O2/c1-13-15(14-8-4-2-5-9-14)12-16(18)17(21)19(13)10-6-3-7-11-20/h2,4-5,8-9,11,13,15-16H,3,6-7,10,12,18H2,1H3. The van der Waals surface area contributed by atoms with Crippen molar-refractivity contribution in [3.63, 3.8) is 0 Å². The number of likely N-dealkylation sites (tertiary alicyclic amines) is 1. The molecule has 1 aliphatic rings. The van der Waals surface area contributed by atoms with Crippen LogP contribution in [-0.2, 0) is 9.59 Å². The normalized spacial score (nSPS) is 25.9. The Balaban J connectivity index is 2.08. The van der Waals surface area contributed by atoms with Crippen molar-refractivity contribution in [2.24, 2.45) is 5.73 Å². The molecule has 1 amide bonds. The molecule has 1 aromatic rings. The van der Waals surface area contributed by atoms with Crippen LogP contribution in [0.1, 0.15) is 44.1 Å². The second-order valence-corrected chi connectivity index (χ2v) is 5.79. The molecule has 0 aromatic heterocycles. The first-order valence-corrected chi connectivity index (χ1v) is 7.69. The van der Waals surface area contributed by atoms with Crippen molar-refractivity contribution in [2.45, 2.75) is 50.6 Å². The maximum atomic E-state index is 12.3. The molecule has 0 saturated carbocycles. The van der Waals surface area contributed by atoms with Gasteiger partial charge in [-0.25, -0.2) is 0 Å². The Hall–Kier alpha value is -1.68. The van der Waals surface area contributed by atoms with E-state index in [1.54, 1.807) is 0 Å². The first-order chi connectivity index (χ1) is 10.1. The highest BCUT2D eigenvalue weighted by Crippen LogP contribution is 2.32. The molecule has 0 aliphatic carbocycles. The lowest BCUT2D eigenvalue weighted by Gasteiger charge is -2.42. The van der Waals surface area contributed by atoms with Crippen molar-refractivity contribution < 1.29 is 9.59 Å². The van der Waals surface area contributed by atoms with Crippen molar-refractivity contribution in [1.82, 2.24) is 4.90 Å². The number of piperidine rings is 1. The molecule has 1 heterocycles. The largest absolute Gasteiger partial charge is 0.338 e. The summed E-state index contributed by atoms with van der Waals surface area (Å²) in [5, 5.41) is 0. The van der Waals surface area contributed by atoms with Crippen LogP contribution in [0.5, 0.6) is 0 Å². The number of amides is 1. The second kappa shape index (κ2) is 7.36. The SMILES string of the molecule is CC1C(c2ccccc2)CC(N)C(=O)N1CCCCC=O. The monoisotopic (exact) mass is 288 g/mol. The van der Waals surface area contributed by atoms with Crippen LogP contribution < -0.4 is 5.73 Å². The van der Waals surface area contributed by atoms with E-state index in [0.717, 1.165) is 19.1 Å². The Labute approximate surface area is 126 Å². The van der Waals surface area contributed by atoms with Crippen LogP contribution in [0.2, 0.25) is 0 Å². The lowest BCUT2D eigenvalue weighted by molar-refractivity contribution is -0.138. The molecule has 0 spiro atoms. The maximum Gasteiger partial charge on any atom is 0.239 e. The van der Waals surface area contributed by atoms with E-state index >= 15 is 0 Å². The molecule has 1 fully saturated rings. The van der Waals surface area contributed by atoms with Crippen molar-refractivity contribution >= 4 is 12.2 Å². The van der Waals surface area contributed by atoms with Gasteiger partial charge in [0.2, 0.25) is 5.91 Å². The number of carbonyl (C=O) groups excluding carboxylic acids is 2. The Bertz CT molecular complexity index is 475. The predicted octanol–water partition coefficient (Wildman–Crippen LogP) is 2.09. The van der Waals surface area contributed by atoms with Crippen molar-refractivity contribution in [3.8, 4) is 0 Å². The van der Waals surface area contributed by atoms with E-state index in [1.807, 2.05) is 23.1 Å². The average molecular weight is 288 g/mol. The second-order valence-electron chi connectivity index (χ2n) is 5.79. The highest BCUT2D eigenvalue weighted by Gasteiger charge is 2.37. The van der Waals surface area contributed by atoms with Gasteiger partial charge < -0.3 is 15.4 Å². The highest BCUT2D eigenvalue weighted by molar-refractivity contribution is 5.83. The number of unbranched alkanes of at least 4 members (excludes halogenated alkanes) is 2. The maximum absolute atomic E-state index is 12.3. The summed E-state index contributed by atoms with van der Waals surface area (Å²) in [6.07, 6.45) is 3.87. The van der Waals surface area contributed by atoms with E-state index in [1.165, 1.54) is 5.56 Å². The van der Waals surface area contributed by atoms with E-state index < -0.39 is 6.04 Å². The van der Waals surface area contributed by atoms with E-state index in [9.17, 15) is 9.59 Å². The smallest absolute Gasteiger partial charge is 0.239 e. The first kappa shape index (κ1) is 15.7. The molecule has 1 saturated heterocycles. The lowest BCUT2D eigenvalue weighted by Crippen LogP contribution is -2.55. The lowest BCUT2D eigenvalue weighted by atomic mass is 9.82. The molecule has 4 nitrogen and oxygen atoms in total. The molecule has 1 aromatic carbocycles. The van der Waals surface area contributed by atoms with Crippen LogP contribution in [-0.4, -0.2) is 35.7 Å². The van der Waals surface area contributed by atoms with Crippen molar-refractivity contribution in [2.75, 3.05) is 6.54 Å². The summed E-state index contributed by atoms with van der Waals surface area (Å²) in [5.74, 6) is 0.325. The Morgan fingerprint density at radius 2 is 2.00 bits per heavy atom. The highest BCUT2D eigenvalue weighted by atomic mass is 16.2. The van der Waals surface area contributed by atoms with Crippen LogP contribution in [0.15, 0.2) is 30.3 Å². The fourth-order valence-corrected chi connectivity index (χ4v) is 3.14. The number of benzene rings is 1. The zero-order chi connectivity index (χ0) is 15.2. The molecule has 3 unspecified atom stereocenters. The van der Waals surface area contributed by atoms with Crippen LogP contribution >= 0.6 is 0 Å². The van der Waals surface area contributed by atoms with Gasteiger partial charge in [-0.2, -0.15) is 0 Å². The first-order valence-electron chi connectivity index (χ1n) is 7.69. The van der Waals surface area contributed by atoms with Gasteiger partial charge in [0.15, 0.2) is 0 Å². The minimum absolute atomic E-state index is 0.0424. The van der Waals surface area contributed by atoms with Gasteiger partial charge in [0, 0.05) is 24.9 Å². The molecule has 21 heavy (non-hydrogen) atoms. The number of hydrogen-bond donors (Lipinski definition) is 1. The molecule has 2 rings (SSSR count). The summed E-state index contributed by atoms with van der Waals surface area (Å²) >= 11 is 0. The summed E-state index contributed by atoms with van der Waals surface area (Å²) in [5.41, 5.74) is 7.28. The quantitative estimate of drug-likeness (QED) is 0.644. The van der Waals surface area contributed by atoms with Crippen molar-refractivity contribution in [3.05, 3.63) is 35.9 Å². The van der Waals surface area contributed by atoms with Gasteiger partial charge in [0.25, 0.3) is 0 Å². The summed E-state index contributed by atoms with van der Waals surface area (Å²) in [7, 11) is 0. The third kappa shape index (κ3) is 3.70. The number of nitrogens with two attached hydrogens (primary N) is 1. The topological polar surface area (TPSA) is 63.4 Å². The van der Waals surface area contributed by atoms with E-state index in [0.29, 0.717) is 19.4 Å².